The zero-order chi connectivity index (χ0) is 32.0. The second-order valence-corrected chi connectivity index (χ2v) is 11.6. The highest BCUT2D eigenvalue weighted by atomic mass is 35.5. The van der Waals surface area contributed by atoms with Gasteiger partial charge >= 0.3 is 17.2 Å². The molecule has 0 fully saturated rings. The van der Waals surface area contributed by atoms with Crippen LogP contribution in [0.1, 0.15) is 34.0 Å². The number of benzene rings is 2. The number of thioether (sulfide) groups is 2. The van der Waals surface area contributed by atoms with E-state index < -0.39 is 11.4 Å². The van der Waals surface area contributed by atoms with Crippen LogP contribution in [0.2, 0.25) is 5.02 Å². The van der Waals surface area contributed by atoms with Crippen LogP contribution < -0.4 is 16.2 Å². The molecule has 4 heterocycles. The first-order chi connectivity index (χ1) is 22.4. The fourth-order valence-corrected chi connectivity index (χ4v) is 6.31. The van der Waals surface area contributed by atoms with E-state index in [0.717, 1.165) is 29.1 Å². The number of nitrogens with one attached hydrogen (secondary N) is 4. The summed E-state index contributed by atoms with van der Waals surface area (Å²) in [7, 11) is 0. The minimum atomic E-state index is -0.672. The summed E-state index contributed by atoms with van der Waals surface area (Å²) in [5, 5.41) is 45.5. The summed E-state index contributed by atoms with van der Waals surface area (Å²) in [4.78, 5) is 39.4. The van der Waals surface area contributed by atoms with Crippen molar-refractivity contribution in [3.8, 4) is 29.1 Å². The van der Waals surface area contributed by atoms with Gasteiger partial charge in [0.2, 0.25) is 0 Å². The van der Waals surface area contributed by atoms with Crippen LogP contribution in [0.4, 0.5) is 0 Å². The monoisotopic (exact) mass is 669 g/mol. The van der Waals surface area contributed by atoms with E-state index in [4.69, 9.17) is 11.6 Å². The van der Waals surface area contributed by atoms with E-state index in [2.05, 4.69) is 68.1 Å². The Hall–Kier alpha value is -5.69. The molecule has 16 nitrogen and oxygen atoms in total. The Kier molecular flexibility index (Phi) is 8.92. The van der Waals surface area contributed by atoms with Crippen LogP contribution in [0.15, 0.2) is 68.2 Å². The van der Waals surface area contributed by atoms with Crippen LogP contribution >= 0.6 is 35.1 Å². The van der Waals surface area contributed by atoms with Gasteiger partial charge in [-0.05, 0) is 26.7 Å². The number of hydrogen-bond donors (Lipinski definition) is 4. The first kappa shape index (κ1) is 30.3. The van der Waals surface area contributed by atoms with Gasteiger partial charge in [0.1, 0.15) is 38.3 Å². The first-order valence-corrected chi connectivity index (χ1v) is 15.5. The largest absolute Gasteiger partial charge is 0.346 e. The Morgan fingerprint density at radius 3 is 2.28 bits per heavy atom. The molecule has 0 aliphatic carbocycles. The summed E-state index contributed by atoms with van der Waals surface area (Å²) in [6, 6.07) is 18.7. The molecule has 6 rings (SSSR count). The van der Waals surface area contributed by atoms with Crippen molar-refractivity contribution in [2.45, 2.75) is 28.0 Å². The minimum absolute atomic E-state index is 0.108. The van der Waals surface area contributed by atoms with Crippen molar-refractivity contribution in [3.63, 3.8) is 0 Å². The van der Waals surface area contributed by atoms with Gasteiger partial charge < -0.3 is 9.97 Å². The van der Waals surface area contributed by atoms with Crippen LogP contribution in [0, 0.1) is 22.7 Å². The average Bonchev–Trinajstić information content (AvgIpc) is 3.76. The van der Waals surface area contributed by atoms with E-state index in [1.54, 1.807) is 18.2 Å². The van der Waals surface area contributed by atoms with Crippen molar-refractivity contribution < 1.29 is 4.80 Å². The van der Waals surface area contributed by atoms with Gasteiger partial charge in [-0.15, -0.1) is 10.2 Å². The summed E-state index contributed by atoms with van der Waals surface area (Å²) in [5.74, 6) is 1.10. The highest BCUT2D eigenvalue weighted by molar-refractivity contribution is 7.98. The number of halogens is 1. The highest BCUT2D eigenvalue weighted by Crippen LogP contribution is 2.34. The van der Waals surface area contributed by atoms with Gasteiger partial charge in [-0.1, -0.05) is 82.8 Å². The molecule has 0 spiro atoms. The maximum absolute atomic E-state index is 12.5. The van der Waals surface area contributed by atoms with Crippen LogP contribution in [0.3, 0.4) is 0 Å². The molecular formula is C27H18ClN14O2S2+. The zero-order valence-electron chi connectivity index (χ0n) is 23.2. The molecule has 0 saturated carbocycles. The van der Waals surface area contributed by atoms with E-state index in [0.29, 0.717) is 35.0 Å². The van der Waals surface area contributed by atoms with Crippen molar-refractivity contribution in [1.29, 1.82) is 10.5 Å². The summed E-state index contributed by atoms with van der Waals surface area (Å²) < 4.78 is 0. The lowest BCUT2D eigenvalue weighted by molar-refractivity contribution is -0.717. The Morgan fingerprint density at radius 1 is 0.848 bits per heavy atom. The maximum atomic E-state index is 12.5. The molecule has 46 heavy (non-hydrogen) atoms. The topological polar surface area (TPSA) is 239 Å². The van der Waals surface area contributed by atoms with Gasteiger partial charge in [0.25, 0.3) is 0 Å². The molecule has 0 aliphatic heterocycles. The fourth-order valence-electron chi connectivity index (χ4n) is 4.33. The highest BCUT2D eigenvalue weighted by Gasteiger charge is 2.23. The number of H-pyrrole nitrogens is 4. The lowest BCUT2D eigenvalue weighted by atomic mass is 10.1. The number of aromatic amines is 4. The van der Waals surface area contributed by atoms with Gasteiger partial charge in [-0.25, -0.2) is 9.59 Å². The van der Waals surface area contributed by atoms with E-state index in [1.165, 1.54) is 4.80 Å². The number of aromatic nitrogens is 12. The van der Waals surface area contributed by atoms with E-state index in [9.17, 15) is 20.1 Å². The Bertz CT molecular complexity index is 2240. The van der Waals surface area contributed by atoms with Crippen LogP contribution in [0.25, 0.3) is 16.9 Å². The third kappa shape index (κ3) is 6.54. The number of tetrazole rings is 2. The smallest absolute Gasteiger partial charge is 0.308 e. The van der Waals surface area contributed by atoms with Crippen molar-refractivity contribution >= 4 is 35.1 Å². The molecule has 0 amide bonds. The van der Waals surface area contributed by atoms with Crippen molar-refractivity contribution in [2.75, 3.05) is 0 Å². The lowest BCUT2D eigenvalue weighted by Crippen LogP contribution is -2.36. The molecule has 4 N–H and O–H groups in total. The summed E-state index contributed by atoms with van der Waals surface area (Å²) in [6.07, 6.45) is 0.361. The molecular weight excluding hydrogens is 652 g/mol. The summed E-state index contributed by atoms with van der Waals surface area (Å²) >= 11 is 9.05. The second-order valence-electron chi connectivity index (χ2n) is 9.27. The van der Waals surface area contributed by atoms with Gasteiger partial charge in [0.05, 0.1) is 22.3 Å². The Balaban J connectivity index is 1.25. The number of nitrogens with zero attached hydrogens (tertiary/aromatic N) is 10. The van der Waals surface area contributed by atoms with E-state index in [1.807, 2.05) is 30.3 Å². The van der Waals surface area contributed by atoms with Crippen LogP contribution in [-0.2, 0) is 17.9 Å². The Morgan fingerprint density at radius 2 is 1.57 bits per heavy atom. The molecule has 4 aromatic heterocycles. The molecule has 0 atom stereocenters. The molecule has 0 saturated heterocycles. The van der Waals surface area contributed by atoms with Gasteiger partial charge in [0, 0.05) is 17.7 Å². The SMILES string of the molecule is N#Cc1c(SCc2n[nH][n+](-c3cccc(-c4[nH]c(=O)nc(SCc5nn[nH]n5)c4C#N)c3Cl)n2)nc(=O)[nH]c1Cc1ccccc1. The lowest BCUT2D eigenvalue weighted by Gasteiger charge is -2.10. The molecule has 0 bridgehead atoms. The third-order valence-electron chi connectivity index (χ3n) is 6.35. The first-order valence-electron chi connectivity index (χ1n) is 13.2. The van der Waals surface area contributed by atoms with Crippen LogP contribution in [0.5, 0.6) is 0 Å². The molecule has 6 aromatic rings. The number of hydrogen-bond acceptors (Lipinski definition) is 13. The van der Waals surface area contributed by atoms with Crippen molar-refractivity contribution in [2.24, 2.45) is 0 Å². The Labute approximate surface area is 271 Å². The quantitative estimate of drug-likeness (QED) is 0.0928. The van der Waals surface area contributed by atoms with Gasteiger partial charge in [0.15, 0.2) is 11.5 Å². The predicted molar refractivity (Wildman–Crippen MR) is 164 cm³/mol. The average molecular weight is 670 g/mol. The zero-order valence-corrected chi connectivity index (χ0v) is 25.6. The molecule has 2 aromatic carbocycles. The van der Waals surface area contributed by atoms with E-state index >= 15 is 0 Å². The molecule has 19 heteroatoms. The minimum Gasteiger partial charge on any atom is -0.308 e. The maximum Gasteiger partial charge on any atom is 0.346 e. The molecule has 0 unspecified atom stereocenters. The van der Waals surface area contributed by atoms with Gasteiger partial charge in [-0.3, -0.25) is 0 Å². The predicted octanol–water partition coefficient (Wildman–Crippen LogP) is 2.00. The van der Waals surface area contributed by atoms with Gasteiger partial charge in [-0.2, -0.15) is 25.7 Å². The molecule has 0 radical (unpaired) electrons. The molecule has 0 aliphatic rings. The van der Waals surface area contributed by atoms with Crippen molar-refractivity contribution in [3.05, 3.63) is 109 Å². The normalized spacial score (nSPS) is 10.8. The molecule has 226 valence electrons. The van der Waals surface area contributed by atoms with Crippen molar-refractivity contribution in [1.82, 2.24) is 56.0 Å². The fraction of sp³-hybridized carbons (Fsp3) is 0.111. The van der Waals surface area contributed by atoms with Crippen LogP contribution in [-0.4, -0.2) is 56.0 Å². The summed E-state index contributed by atoms with van der Waals surface area (Å²) in [6.45, 7) is 0. The number of rotatable bonds is 10. The van der Waals surface area contributed by atoms with E-state index in [-0.39, 0.29) is 43.4 Å². The number of nitriles is 2. The second kappa shape index (κ2) is 13.5. The standard InChI is InChI=1S/C27H17ClN14O2S2/c28-22-15(23-17(11-30)25(34-27(44)32-23)45-12-20-35-39-40-36-20)7-4-8-19(22)42-38-21(37-41-42)13-46-24-16(10-29)18(31-26(43)33-24)9-14-5-2-1-3-6-14/h1-8H,9,12-13H2,(H3,31,32,33,34,35,36,39,40,43,44)/p+1. The third-order valence-corrected chi connectivity index (χ3v) is 8.69. The summed E-state index contributed by atoms with van der Waals surface area (Å²) in [5.41, 5.74) is 1.44.